The summed E-state index contributed by atoms with van der Waals surface area (Å²) in [4.78, 5) is 22.2. The van der Waals surface area contributed by atoms with Crippen molar-refractivity contribution in [3.63, 3.8) is 0 Å². The molecule has 0 saturated carbocycles. The van der Waals surface area contributed by atoms with Gasteiger partial charge in [-0.25, -0.2) is 0 Å². The van der Waals surface area contributed by atoms with Crippen LogP contribution in [0.4, 0.5) is 11.5 Å². The van der Waals surface area contributed by atoms with Crippen LogP contribution in [0.1, 0.15) is 10.4 Å². The van der Waals surface area contributed by atoms with E-state index in [4.69, 9.17) is 0 Å². The van der Waals surface area contributed by atoms with Crippen molar-refractivity contribution < 1.29 is 9.72 Å². The fourth-order valence-electron chi connectivity index (χ4n) is 1.39. The molecule has 0 aliphatic rings. The standard InChI is InChI=1S/C11H7BrN4O3/c12-10-7(3-1-4-8(10)16(18)19)11(17)14-9-5-2-6-13-15-9/h1-6H,(H,14,15,17). The van der Waals surface area contributed by atoms with Gasteiger partial charge in [0.2, 0.25) is 0 Å². The number of benzene rings is 1. The first kappa shape index (κ1) is 13.1. The lowest BCUT2D eigenvalue weighted by Gasteiger charge is -2.05. The SMILES string of the molecule is O=C(Nc1cccnn1)c1cccc([N+](=O)[O-])c1Br. The Balaban J connectivity index is 2.30. The lowest BCUT2D eigenvalue weighted by Crippen LogP contribution is -2.14. The maximum atomic E-state index is 12.0. The summed E-state index contributed by atoms with van der Waals surface area (Å²) in [5.41, 5.74) is -0.0216. The number of nitro groups is 1. The quantitative estimate of drug-likeness (QED) is 0.691. The molecule has 1 N–H and O–H groups in total. The van der Waals surface area contributed by atoms with Crippen LogP contribution in [0, 0.1) is 10.1 Å². The predicted molar refractivity (Wildman–Crippen MR) is 70.8 cm³/mol. The summed E-state index contributed by atoms with van der Waals surface area (Å²) < 4.78 is 0.126. The number of nitrogens with one attached hydrogen (secondary N) is 1. The van der Waals surface area contributed by atoms with E-state index in [1.54, 1.807) is 12.1 Å². The number of rotatable bonds is 3. The van der Waals surface area contributed by atoms with E-state index >= 15 is 0 Å². The van der Waals surface area contributed by atoms with Crippen LogP contribution in [0.3, 0.4) is 0 Å². The first-order chi connectivity index (χ1) is 9.09. The van der Waals surface area contributed by atoms with Gasteiger partial charge in [-0.05, 0) is 34.1 Å². The molecule has 7 nitrogen and oxygen atoms in total. The summed E-state index contributed by atoms with van der Waals surface area (Å²) in [6, 6.07) is 7.40. The van der Waals surface area contributed by atoms with E-state index in [2.05, 4.69) is 31.4 Å². The van der Waals surface area contributed by atoms with Crippen LogP contribution in [-0.4, -0.2) is 21.0 Å². The lowest BCUT2D eigenvalue weighted by molar-refractivity contribution is -0.385. The third kappa shape index (κ3) is 2.91. The maximum Gasteiger partial charge on any atom is 0.284 e. The average molecular weight is 323 g/mol. The number of amides is 1. The Labute approximate surface area is 115 Å². The van der Waals surface area contributed by atoms with Crippen LogP contribution in [-0.2, 0) is 0 Å². The van der Waals surface area contributed by atoms with Crippen LogP contribution < -0.4 is 5.32 Å². The summed E-state index contributed by atoms with van der Waals surface area (Å²) in [6.45, 7) is 0. The van der Waals surface area contributed by atoms with Gasteiger partial charge in [-0.15, -0.1) is 5.10 Å². The van der Waals surface area contributed by atoms with E-state index in [0.29, 0.717) is 0 Å². The molecule has 2 aromatic rings. The second-order valence-electron chi connectivity index (χ2n) is 3.46. The highest BCUT2D eigenvalue weighted by atomic mass is 79.9. The van der Waals surface area contributed by atoms with Crippen molar-refractivity contribution in [1.29, 1.82) is 0 Å². The molecule has 1 heterocycles. The highest BCUT2D eigenvalue weighted by Gasteiger charge is 2.19. The number of anilines is 1. The highest BCUT2D eigenvalue weighted by molar-refractivity contribution is 9.10. The van der Waals surface area contributed by atoms with Crippen molar-refractivity contribution in [2.24, 2.45) is 0 Å². The van der Waals surface area contributed by atoms with Gasteiger partial charge < -0.3 is 5.32 Å². The summed E-state index contributed by atoms with van der Waals surface area (Å²) in [6.07, 6.45) is 1.47. The molecule has 0 radical (unpaired) electrons. The molecule has 0 atom stereocenters. The number of aromatic nitrogens is 2. The molecule has 0 bridgehead atoms. The molecule has 0 unspecified atom stereocenters. The molecule has 1 aromatic heterocycles. The third-order valence-electron chi connectivity index (χ3n) is 2.23. The van der Waals surface area contributed by atoms with Gasteiger partial charge in [-0.1, -0.05) is 6.07 Å². The van der Waals surface area contributed by atoms with Crippen LogP contribution in [0.15, 0.2) is 41.0 Å². The zero-order valence-corrected chi connectivity index (χ0v) is 11.0. The van der Waals surface area contributed by atoms with E-state index < -0.39 is 10.8 Å². The van der Waals surface area contributed by atoms with Gasteiger partial charge in [0.15, 0.2) is 5.82 Å². The molecule has 96 valence electrons. The lowest BCUT2D eigenvalue weighted by atomic mass is 10.2. The predicted octanol–water partition coefficient (Wildman–Crippen LogP) is 2.40. The van der Waals surface area contributed by atoms with Gasteiger partial charge in [0.05, 0.1) is 10.5 Å². The van der Waals surface area contributed by atoms with Crippen molar-refractivity contribution in [1.82, 2.24) is 10.2 Å². The van der Waals surface area contributed by atoms with Crippen LogP contribution in [0.25, 0.3) is 0 Å². The second-order valence-corrected chi connectivity index (χ2v) is 4.25. The minimum absolute atomic E-state index is 0.126. The van der Waals surface area contributed by atoms with Crippen LogP contribution in [0.5, 0.6) is 0 Å². The third-order valence-corrected chi connectivity index (χ3v) is 3.07. The monoisotopic (exact) mass is 322 g/mol. The second kappa shape index (κ2) is 5.53. The van der Waals surface area contributed by atoms with E-state index in [1.165, 1.54) is 24.4 Å². The smallest absolute Gasteiger partial charge is 0.284 e. The fourth-order valence-corrected chi connectivity index (χ4v) is 1.98. The molecule has 19 heavy (non-hydrogen) atoms. The zero-order chi connectivity index (χ0) is 13.8. The van der Waals surface area contributed by atoms with Gasteiger partial charge in [0.1, 0.15) is 4.47 Å². The molecule has 1 aromatic carbocycles. The fraction of sp³-hybridized carbons (Fsp3) is 0. The van der Waals surface area contributed by atoms with Crippen LogP contribution in [0.2, 0.25) is 0 Å². The van der Waals surface area contributed by atoms with Crippen molar-refractivity contribution in [2.75, 3.05) is 5.32 Å². The number of nitro benzene ring substituents is 1. The molecule has 0 fully saturated rings. The normalized spacial score (nSPS) is 9.95. The molecular formula is C11H7BrN4O3. The van der Waals surface area contributed by atoms with Crippen molar-refractivity contribution in [3.05, 3.63) is 56.7 Å². The number of carbonyl (C=O) groups is 1. The maximum absolute atomic E-state index is 12.0. The van der Waals surface area contributed by atoms with Gasteiger partial charge in [0, 0.05) is 12.3 Å². The van der Waals surface area contributed by atoms with E-state index in [0.717, 1.165) is 0 Å². The Bertz CT molecular complexity index is 633. The number of hydrogen-bond donors (Lipinski definition) is 1. The summed E-state index contributed by atoms with van der Waals surface area (Å²) >= 11 is 3.06. The number of hydrogen-bond acceptors (Lipinski definition) is 5. The molecular weight excluding hydrogens is 316 g/mol. The van der Waals surface area contributed by atoms with Gasteiger partial charge >= 0.3 is 0 Å². The van der Waals surface area contributed by atoms with E-state index in [1.807, 2.05) is 0 Å². The molecule has 2 rings (SSSR count). The van der Waals surface area contributed by atoms with Crippen molar-refractivity contribution in [2.45, 2.75) is 0 Å². The Kier molecular flexibility index (Phi) is 3.81. The Hall–Kier alpha value is -2.35. The Morgan fingerprint density at radius 3 is 2.74 bits per heavy atom. The number of nitrogens with zero attached hydrogens (tertiary/aromatic N) is 3. The number of carbonyl (C=O) groups excluding carboxylic acids is 1. The van der Waals surface area contributed by atoms with Crippen molar-refractivity contribution in [3.8, 4) is 0 Å². The number of halogens is 1. The van der Waals surface area contributed by atoms with Gasteiger partial charge in [0.25, 0.3) is 11.6 Å². The zero-order valence-electron chi connectivity index (χ0n) is 9.41. The molecule has 8 heteroatoms. The van der Waals surface area contributed by atoms with Crippen LogP contribution >= 0.6 is 15.9 Å². The minimum Gasteiger partial charge on any atom is -0.305 e. The van der Waals surface area contributed by atoms with Crippen molar-refractivity contribution >= 4 is 33.3 Å². The molecule has 0 spiro atoms. The Morgan fingerprint density at radius 2 is 2.11 bits per heavy atom. The topological polar surface area (TPSA) is 98.0 Å². The Morgan fingerprint density at radius 1 is 1.32 bits per heavy atom. The first-order valence-electron chi connectivity index (χ1n) is 5.11. The minimum atomic E-state index is -0.566. The molecule has 0 aliphatic heterocycles. The van der Waals surface area contributed by atoms with Gasteiger partial charge in [-0.2, -0.15) is 5.10 Å². The molecule has 0 saturated heterocycles. The highest BCUT2D eigenvalue weighted by Crippen LogP contribution is 2.28. The van der Waals surface area contributed by atoms with E-state index in [9.17, 15) is 14.9 Å². The molecule has 1 amide bonds. The summed E-state index contributed by atoms with van der Waals surface area (Å²) in [7, 11) is 0. The molecule has 0 aliphatic carbocycles. The summed E-state index contributed by atoms with van der Waals surface area (Å²) in [5, 5.41) is 20.6. The first-order valence-corrected chi connectivity index (χ1v) is 5.91. The largest absolute Gasteiger partial charge is 0.305 e. The van der Waals surface area contributed by atoms with E-state index in [-0.39, 0.29) is 21.5 Å². The summed E-state index contributed by atoms with van der Waals surface area (Å²) in [5.74, 6) is -0.234. The average Bonchev–Trinajstić information content (AvgIpc) is 2.39. The van der Waals surface area contributed by atoms with Gasteiger partial charge in [-0.3, -0.25) is 14.9 Å².